The van der Waals surface area contributed by atoms with Crippen LogP contribution in [0.2, 0.25) is 0 Å². The average molecular weight is 271 g/mol. The maximum atomic E-state index is 12.7. The molecule has 0 bridgehead atoms. The average Bonchev–Trinajstić information content (AvgIpc) is 2.38. The Morgan fingerprint density at radius 3 is 2.72 bits per heavy atom. The van der Waals surface area contributed by atoms with Crippen molar-refractivity contribution in [3.8, 4) is 0 Å². The van der Waals surface area contributed by atoms with Crippen LogP contribution in [-0.2, 0) is 16.1 Å². The molecule has 0 aliphatic heterocycles. The van der Waals surface area contributed by atoms with E-state index in [4.69, 9.17) is 4.74 Å². The van der Waals surface area contributed by atoms with E-state index in [2.05, 4.69) is 5.32 Å². The highest BCUT2D eigenvalue weighted by atomic mass is 32.2. The Hall–Kier alpha value is -1.07. The van der Waals surface area contributed by atoms with Gasteiger partial charge in [0.15, 0.2) is 0 Å². The first-order chi connectivity index (χ1) is 8.63. The van der Waals surface area contributed by atoms with E-state index in [1.165, 1.54) is 12.1 Å². The molecule has 3 nitrogen and oxygen atoms in total. The molecule has 0 spiro atoms. The smallest absolute Gasteiger partial charge is 0.233 e. The summed E-state index contributed by atoms with van der Waals surface area (Å²) in [7, 11) is 1.64. The first-order valence-corrected chi connectivity index (χ1v) is 6.81. The number of nitrogens with one attached hydrogen (secondary N) is 1. The quantitative estimate of drug-likeness (QED) is 0.773. The maximum Gasteiger partial charge on any atom is 0.233 e. The first kappa shape index (κ1) is 15.0. The molecule has 1 rings (SSSR count). The highest BCUT2D eigenvalue weighted by molar-refractivity contribution is 8.00. The van der Waals surface area contributed by atoms with Crippen molar-refractivity contribution in [3.05, 3.63) is 35.6 Å². The number of ether oxygens (including phenoxy) is 1. The summed E-state index contributed by atoms with van der Waals surface area (Å²) >= 11 is 1.55. The summed E-state index contributed by atoms with van der Waals surface area (Å²) in [5.74, 6) is 0.510. The van der Waals surface area contributed by atoms with Crippen LogP contribution in [0.25, 0.3) is 0 Å². The molecule has 1 unspecified atom stereocenters. The molecule has 0 saturated heterocycles. The number of hydrogen-bond donors (Lipinski definition) is 1. The second-order valence-electron chi connectivity index (χ2n) is 3.85. The van der Waals surface area contributed by atoms with E-state index in [1.807, 2.05) is 6.92 Å². The number of rotatable bonds is 7. The largest absolute Gasteiger partial charge is 0.384 e. The van der Waals surface area contributed by atoms with Gasteiger partial charge in [-0.2, -0.15) is 0 Å². The van der Waals surface area contributed by atoms with Crippen LogP contribution >= 0.6 is 11.8 Å². The number of thioether (sulfide) groups is 1. The second-order valence-corrected chi connectivity index (χ2v) is 5.30. The van der Waals surface area contributed by atoms with Crippen LogP contribution in [-0.4, -0.2) is 30.6 Å². The van der Waals surface area contributed by atoms with Crippen molar-refractivity contribution in [2.45, 2.75) is 18.7 Å². The summed E-state index contributed by atoms with van der Waals surface area (Å²) in [5.41, 5.74) is 0.888. The molecule has 18 heavy (non-hydrogen) atoms. The Morgan fingerprint density at radius 2 is 2.11 bits per heavy atom. The highest BCUT2D eigenvalue weighted by Gasteiger charge is 2.12. The minimum absolute atomic E-state index is 0.0135. The van der Waals surface area contributed by atoms with E-state index >= 15 is 0 Å². The van der Waals surface area contributed by atoms with E-state index in [-0.39, 0.29) is 17.0 Å². The molecule has 1 atom stereocenters. The van der Waals surface area contributed by atoms with Gasteiger partial charge in [0.25, 0.3) is 0 Å². The van der Waals surface area contributed by atoms with Crippen molar-refractivity contribution in [1.82, 2.24) is 5.32 Å². The van der Waals surface area contributed by atoms with Crippen molar-refractivity contribution < 1.29 is 13.9 Å². The van der Waals surface area contributed by atoms with Gasteiger partial charge in [0.1, 0.15) is 5.82 Å². The lowest BCUT2D eigenvalue weighted by atomic mass is 10.2. The topological polar surface area (TPSA) is 38.3 Å². The van der Waals surface area contributed by atoms with Gasteiger partial charge in [-0.1, -0.05) is 12.1 Å². The van der Waals surface area contributed by atoms with Crippen LogP contribution in [0.15, 0.2) is 24.3 Å². The molecule has 0 aromatic heterocycles. The second kappa shape index (κ2) is 8.11. The third-order valence-electron chi connectivity index (χ3n) is 2.40. The number of amides is 1. The van der Waals surface area contributed by atoms with Gasteiger partial charge in [-0.05, 0) is 24.6 Å². The number of methoxy groups -OCH3 is 1. The van der Waals surface area contributed by atoms with Crippen LogP contribution in [0.5, 0.6) is 0 Å². The molecule has 1 N–H and O–H groups in total. The molecule has 1 aromatic rings. The van der Waals surface area contributed by atoms with Crippen molar-refractivity contribution in [1.29, 1.82) is 0 Å². The number of carbonyl (C=O) groups excluding carboxylic acids is 1. The SMILES string of the molecule is COCCSC(C)C(=O)NCc1ccc(F)cc1. The van der Waals surface area contributed by atoms with Gasteiger partial charge >= 0.3 is 0 Å². The first-order valence-electron chi connectivity index (χ1n) is 5.76. The third kappa shape index (κ3) is 5.51. The van der Waals surface area contributed by atoms with Crippen molar-refractivity contribution in [3.63, 3.8) is 0 Å². The van der Waals surface area contributed by atoms with E-state index in [9.17, 15) is 9.18 Å². The molecule has 0 radical (unpaired) electrons. The van der Waals surface area contributed by atoms with Crippen LogP contribution in [0, 0.1) is 5.82 Å². The summed E-state index contributed by atoms with van der Waals surface area (Å²) in [6.07, 6.45) is 0. The number of halogens is 1. The molecule has 0 aliphatic carbocycles. The zero-order chi connectivity index (χ0) is 13.4. The molecule has 100 valence electrons. The molecule has 0 fully saturated rings. The standard InChI is InChI=1S/C13H18FNO2S/c1-10(18-8-7-17-2)13(16)15-9-11-3-5-12(14)6-4-11/h3-6,10H,7-9H2,1-2H3,(H,15,16). The van der Waals surface area contributed by atoms with E-state index in [1.54, 1.807) is 31.0 Å². The van der Waals surface area contributed by atoms with Crippen LogP contribution in [0.1, 0.15) is 12.5 Å². The van der Waals surface area contributed by atoms with Gasteiger partial charge in [-0.25, -0.2) is 4.39 Å². The number of hydrogen-bond acceptors (Lipinski definition) is 3. The minimum atomic E-state index is -0.270. The zero-order valence-corrected chi connectivity index (χ0v) is 11.4. The van der Waals surface area contributed by atoms with Crippen LogP contribution < -0.4 is 5.32 Å². The fourth-order valence-electron chi connectivity index (χ4n) is 1.32. The Labute approximate surface area is 111 Å². The van der Waals surface area contributed by atoms with Gasteiger partial charge < -0.3 is 10.1 Å². The summed E-state index contributed by atoms with van der Waals surface area (Å²) in [4.78, 5) is 11.7. The van der Waals surface area contributed by atoms with E-state index < -0.39 is 0 Å². The molecule has 1 aromatic carbocycles. The van der Waals surface area contributed by atoms with Crippen molar-refractivity contribution >= 4 is 17.7 Å². The molecule has 1 amide bonds. The Bertz CT molecular complexity index is 370. The third-order valence-corrected chi connectivity index (χ3v) is 3.52. The van der Waals surface area contributed by atoms with Crippen molar-refractivity contribution in [2.75, 3.05) is 19.5 Å². The summed E-state index contributed by atoms with van der Waals surface area (Å²) in [6, 6.07) is 6.10. The fourth-order valence-corrected chi connectivity index (χ4v) is 2.17. The zero-order valence-electron chi connectivity index (χ0n) is 10.6. The Morgan fingerprint density at radius 1 is 1.44 bits per heavy atom. The predicted molar refractivity (Wildman–Crippen MR) is 72.0 cm³/mol. The lowest BCUT2D eigenvalue weighted by molar-refractivity contribution is -0.120. The van der Waals surface area contributed by atoms with Gasteiger partial charge in [0.05, 0.1) is 11.9 Å². The Balaban J connectivity index is 2.29. The molecule has 0 aliphatic rings. The van der Waals surface area contributed by atoms with E-state index in [0.29, 0.717) is 13.2 Å². The monoisotopic (exact) mass is 271 g/mol. The number of benzene rings is 1. The molecule has 0 heterocycles. The molecular weight excluding hydrogens is 253 g/mol. The fraction of sp³-hybridized carbons (Fsp3) is 0.462. The minimum Gasteiger partial charge on any atom is -0.384 e. The predicted octanol–water partition coefficient (Wildman–Crippen LogP) is 2.21. The number of carbonyl (C=O) groups is 1. The van der Waals surface area contributed by atoms with Gasteiger partial charge in [-0.15, -0.1) is 11.8 Å². The van der Waals surface area contributed by atoms with E-state index in [0.717, 1.165) is 11.3 Å². The lowest BCUT2D eigenvalue weighted by Gasteiger charge is -2.11. The Kier molecular flexibility index (Phi) is 6.75. The van der Waals surface area contributed by atoms with Gasteiger partial charge in [-0.3, -0.25) is 4.79 Å². The van der Waals surface area contributed by atoms with Gasteiger partial charge in [0, 0.05) is 19.4 Å². The normalized spacial score (nSPS) is 12.2. The van der Waals surface area contributed by atoms with Gasteiger partial charge in [0.2, 0.25) is 5.91 Å². The van der Waals surface area contributed by atoms with Crippen LogP contribution in [0.3, 0.4) is 0 Å². The molecular formula is C13H18FNO2S. The lowest BCUT2D eigenvalue weighted by Crippen LogP contribution is -2.30. The van der Waals surface area contributed by atoms with Crippen molar-refractivity contribution in [2.24, 2.45) is 0 Å². The molecule has 0 saturated carbocycles. The maximum absolute atomic E-state index is 12.7. The highest BCUT2D eigenvalue weighted by Crippen LogP contribution is 2.10. The molecule has 5 heteroatoms. The van der Waals surface area contributed by atoms with Crippen LogP contribution in [0.4, 0.5) is 4.39 Å². The summed E-state index contributed by atoms with van der Waals surface area (Å²) in [5, 5.41) is 2.71. The summed E-state index contributed by atoms with van der Waals surface area (Å²) in [6.45, 7) is 2.93. The summed E-state index contributed by atoms with van der Waals surface area (Å²) < 4.78 is 17.6.